The zero-order valence-corrected chi connectivity index (χ0v) is 5.73. The van der Waals surface area contributed by atoms with Crippen molar-refractivity contribution >= 4 is 13.5 Å². The Labute approximate surface area is 56.0 Å². The average Bonchev–Trinajstić information content (AvgIpc) is 1.59. The molecule has 1 heteroatoms. The highest BCUT2D eigenvalue weighted by Gasteiger charge is 2.10. The molecule has 0 fully saturated rings. The quantitative estimate of drug-likeness (QED) is 0.504. The van der Waals surface area contributed by atoms with Gasteiger partial charge in [0.25, 0.3) is 0 Å². The fourth-order valence-corrected chi connectivity index (χ4v) is 0.981. The van der Waals surface area contributed by atoms with Gasteiger partial charge in [0.15, 0.2) is 0 Å². The Kier molecular flexibility index (Phi) is 1.09. The van der Waals surface area contributed by atoms with Crippen molar-refractivity contribution in [3.05, 3.63) is 23.8 Å². The van der Waals surface area contributed by atoms with Gasteiger partial charge in [-0.15, -0.1) is 0 Å². The van der Waals surface area contributed by atoms with Crippen LogP contribution in [0.15, 0.2) is 18.2 Å². The molecular weight excluding hydrogens is 116 g/mol. The fraction of sp³-hybridized carbons (Fsp3) is 0.143. The van der Waals surface area contributed by atoms with E-state index in [0.29, 0.717) is 0 Å². The molecule has 0 unspecified atom stereocenters. The van der Waals surface area contributed by atoms with Crippen molar-refractivity contribution in [2.75, 3.05) is 0 Å². The third kappa shape index (κ3) is 0.424. The number of fused-ring (bicyclic) bond motifs is 1. The second-order valence-corrected chi connectivity index (χ2v) is 2.03. The summed E-state index contributed by atoms with van der Waals surface area (Å²) in [4.78, 5) is 0. The SMILES string of the molecule is Cc1cc2ccc1-2.S. The molecule has 0 bridgehead atoms. The standard InChI is InChI=1S/C7H6.H2S/c1-5-4-6-2-3-7(5)6;/h2-4H,1H3;1H2. The third-order valence-corrected chi connectivity index (χ3v) is 1.54. The van der Waals surface area contributed by atoms with Gasteiger partial charge in [-0.1, -0.05) is 18.2 Å². The summed E-state index contributed by atoms with van der Waals surface area (Å²) in [5, 5.41) is 0. The summed E-state index contributed by atoms with van der Waals surface area (Å²) in [6, 6.07) is 6.50. The Morgan fingerprint density at radius 2 is 2.00 bits per heavy atom. The van der Waals surface area contributed by atoms with Crippen molar-refractivity contribution in [2.24, 2.45) is 0 Å². The van der Waals surface area contributed by atoms with E-state index in [0.717, 1.165) is 0 Å². The van der Waals surface area contributed by atoms with Crippen molar-refractivity contribution in [2.45, 2.75) is 6.92 Å². The van der Waals surface area contributed by atoms with Crippen LogP contribution in [0.25, 0.3) is 11.1 Å². The van der Waals surface area contributed by atoms with Gasteiger partial charge in [-0.25, -0.2) is 0 Å². The summed E-state index contributed by atoms with van der Waals surface area (Å²) in [6.45, 7) is 2.14. The van der Waals surface area contributed by atoms with E-state index in [9.17, 15) is 0 Å². The van der Waals surface area contributed by atoms with Crippen LogP contribution in [0, 0.1) is 6.92 Å². The lowest BCUT2D eigenvalue weighted by atomic mass is 9.88. The lowest BCUT2D eigenvalue weighted by molar-refractivity contribution is 1.38. The van der Waals surface area contributed by atoms with E-state index < -0.39 is 0 Å². The monoisotopic (exact) mass is 124 g/mol. The van der Waals surface area contributed by atoms with Crippen molar-refractivity contribution in [1.82, 2.24) is 0 Å². The summed E-state index contributed by atoms with van der Waals surface area (Å²) < 4.78 is 0. The molecule has 2 aliphatic rings. The van der Waals surface area contributed by atoms with Crippen LogP contribution in [-0.2, 0) is 0 Å². The first-order chi connectivity index (χ1) is 3.38. The first-order valence-electron chi connectivity index (χ1n) is 2.49. The van der Waals surface area contributed by atoms with E-state index in [1.807, 2.05) is 0 Å². The van der Waals surface area contributed by atoms with Crippen LogP contribution in [0.3, 0.4) is 0 Å². The van der Waals surface area contributed by atoms with Gasteiger partial charge in [0.1, 0.15) is 0 Å². The molecule has 0 amide bonds. The van der Waals surface area contributed by atoms with Gasteiger partial charge >= 0.3 is 0 Å². The number of benzene rings is 1. The largest absolute Gasteiger partial charge is 0.197 e. The molecule has 2 aliphatic carbocycles. The van der Waals surface area contributed by atoms with Gasteiger partial charge in [-0.2, -0.15) is 13.5 Å². The molecule has 0 nitrogen and oxygen atoms in total. The van der Waals surface area contributed by atoms with Crippen molar-refractivity contribution in [3.63, 3.8) is 0 Å². The lowest BCUT2D eigenvalue weighted by Gasteiger charge is -2.17. The van der Waals surface area contributed by atoms with Crippen LogP contribution in [0.1, 0.15) is 5.56 Å². The highest BCUT2D eigenvalue weighted by Crippen LogP contribution is 2.35. The summed E-state index contributed by atoms with van der Waals surface area (Å²) in [5.41, 5.74) is 4.36. The van der Waals surface area contributed by atoms with E-state index in [2.05, 4.69) is 25.1 Å². The van der Waals surface area contributed by atoms with Gasteiger partial charge in [0.2, 0.25) is 0 Å². The Bertz CT molecular complexity index is 216. The maximum absolute atomic E-state index is 2.20. The van der Waals surface area contributed by atoms with Gasteiger partial charge in [-0.05, 0) is 23.6 Å². The molecule has 0 saturated carbocycles. The topological polar surface area (TPSA) is 0 Å². The predicted molar refractivity (Wildman–Crippen MR) is 40.6 cm³/mol. The molecule has 42 valence electrons. The molecule has 0 atom stereocenters. The number of rotatable bonds is 0. The molecule has 0 aromatic heterocycles. The van der Waals surface area contributed by atoms with E-state index in [1.54, 1.807) is 0 Å². The Hall–Kier alpha value is -0.430. The average molecular weight is 124 g/mol. The maximum Gasteiger partial charge on any atom is -0.0154 e. The van der Waals surface area contributed by atoms with Crippen LogP contribution >= 0.6 is 13.5 Å². The maximum atomic E-state index is 2.20. The van der Waals surface area contributed by atoms with Crippen molar-refractivity contribution < 1.29 is 0 Å². The summed E-state index contributed by atoms with van der Waals surface area (Å²) in [5.74, 6) is 0. The Morgan fingerprint density at radius 1 is 1.25 bits per heavy atom. The van der Waals surface area contributed by atoms with E-state index in [1.165, 1.54) is 16.7 Å². The van der Waals surface area contributed by atoms with E-state index >= 15 is 0 Å². The molecule has 0 aromatic rings. The Morgan fingerprint density at radius 3 is 2.00 bits per heavy atom. The molecule has 0 aliphatic heterocycles. The van der Waals surface area contributed by atoms with Crippen molar-refractivity contribution in [1.29, 1.82) is 0 Å². The van der Waals surface area contributed by atoms with E-state index in [4.69, 9.17) is 0 Å². The van der Waals surface area contributed by atoms with Gasteiger partial charge in [0, 0.05) is 0 Å². The minimum atomic E-state index is 0. The molecule has 0 saturated heterocycles. The normalized spacial score (nSPS) is 10.1. The van der Waals surface area contributed by atoms with Gasteiger partial charge < -0.3 is 0 Å². The zero-order valence-electron chi connectivity index (χ0n) is 4.73. The molecular formula is C7H8S. The third-order valence-electron chi connectivity index (χ3n) is 1.54. The van der Waals surface area contributed by atoms with Crippen LogP contribution in [0.4, 0.5) is 0 Å². The molecule has 0 heterocycles. The molecule has 8 heavy (non-hydrogen) atoms. The van der Waals surface area contributed by atoms with E-state index in [-0.39, 0.29) is 13.5 Å². The van der Waals surface area contributed by atoms with Crippen LogP contribution in [0.2, 0.25) is 0 Å². The highest BCUT2D eigenvalue weighted by molar-refractivity contribution is 7.59. The fourth-order valence-electron chi connectivity index (χ4n) is 0.981. The molecule has 2 rings (SSSR count). The Balaban J connectivity index is 0.000000320. The van der Waals surface area contributed by atoms with Crippen LogP contribution in [-0.4, -0.2) is 0 Å². The van der Waals surface area contributed by atoms with Crippen molar-refractivity contribution in [3.8, 4) is 11.1 Å². The summed E-state index contributed by atoms with van der Waals surface area (Å²) in [6.07, 6.45) is 0. The van der Waals surface area contributed by atoms with Gasteiger partial charge in [0.05, 0.1) is 0 Å². The number of hydrogen-bond acceptors (Lipinski definition) is 0. The molecule has 0 radical (unpaired) electrons. The van der Waals surface area contributed by atoms with Crippen LogP contribution < -0.4 is 0 Å². The predicted octanol–water partition coefficient (Wildman–Crippen LogP) is 2.09. The molecule has 0 aromatic carbocycles. The lowest BCUT2D eigenvalue weighted by Crippen LogP contribution is -1.93. The summed E-state index contributed by atoms with van der Waals surface area (Å²) in [7, 11) is 0. The first kappa shape index (κ1) is 5.70. The highest BCUT2D eigenvalue weighted by atomic mass is 32.1. The minimum Gasteiger partial charge on any atom is -0.197 e. The smallest absolute Gasteiger partial charge is 0.0154 e. The second-order valence-electron chi connectivity index (χ2n) is 2.03. The zero-order chi connectivity index (χ0) is 4.85. The molecule has 0 spiro atoms. The number of hydrogen-bond donors (Lipinski definition) is 0. The molecule has 0 N–H and O–H groups in total. The first-order valence-corrected chi connectivity index (χ1v) is 2.49. The number of aryl methyl sites for hydroxylation is 1. The second kappa shape index (κ2) is 1.52. The van der Waals surface area contributed by atoms with Crippen LogP contribution in [0.5, 0.6) is 0 Å². The van der Waals surface area contributed by atoms with Gasteiger partial charge in [-0.3, -0.25) is 0 Å². The minimum absolute atomic E-state index is 0. The summed E-state index contributed by atoms with van der Waals surface area (Å²) >= 11 is 0.